The van der Waals surface area contributed by atoms with Crippen LogP contribution >= 0.6 is 0 Å². The Morgan fingerprint density at radius 3 is 2.29 bits per heavy atom. The number of nitrogens with one attached hydrogen (secondary N) is 1. The molecule has 0 unspecified atom stereocenters. The molecule has 0 spiro atoms. The minimum atomic E-state index is -0.333. The van der Waals surface area contributed by atoms with E-state index in [2.05, 4.69) is 5.32 Å². The van der Waals surface area contributed by atoms with Crippen molar-refractivity contribution in [1.29, 1.82) is 0 Å². The number of aryl methyl sites for hydroxylation is 1. The summed E-state index contributed by atoms with van der Waals surface area (Å²) in [4.78, 5) is 42.2. The summed E-state index contributed by atoms with van der Waals surface area (Å²) in [5.41, 5.74) is 2.31. The van der Waals surface area contributed by atoms with E-state index >= 15 is 0 Å². The van der Waals surface area contributed by atoms with E-state index in [1.165, 1.54) is 6.26 Å². The Bertz CT molecular complexity index is 1360. The third-order valence-corrected chi connectivity index (χ3v) is 5.89. The molecule has 3 amide bonds. The number of rotatable bonds is 4. The lowest BCUT2D eigenvalue weighted by molar-refractivity contribution is 0.0504. The zero-order valence-corrected chi connectivity index (χ0v) is 18.6. The molecule has 0 atom stereocenters. The highest BCUT2D eigenvalue weighted by Crippen LogP contribution is 2.32. The Balaban J connectivity index is 1.37. The van der Waals surface area contributed by atoms with Crippen LogP contribution in [0.5, 0.6) is 0 Å². The number of hydrogen-bond donors (Lipinski definition) is 1. The highest BCUT2D eigenvalue weighted by atomic mass is 16.4. The third kappa shape index (κ3) is 4.05. The SMILES string of the molecule is Cc1cccc(C(=O)Nc2c(C(=O)N3CCN(C(=O)c4ccco4)CC3)oc3ccccc23)c1. The molecule has 3 heterocycles. The summed E-state index contributed by atoms with van der Waals surface area (Å²) in [5.74, 6) is -0.503. The first kappa shape index (κ1) is 21.5. The first-order valence-corrected chi connectivity index (χ1v) is 11.0. The smallest absolute Gasteiger partial charge is 0.291 e. The number of hydrogen-bond acceptors (Lipinski definition) is 5. The maximum absolute atomic E-state index is 13.4. The van der Waals surface area contributed by atoms with Gasteiger partial charge in [0.15, 0.2) is 5.76 Å². The van der Waals surface area contributed by atoms with Gasteiger partial charge in [-0.3, -0.25) is 14.4 Å². The van der Waals surface area contributed by atoms with E-state index in [-0.39, 0.29) is 29.2 Å². The first-order valence-electron chi connectivity index (χ1n) is 11.0. The molecular formula is C26H23N3O5. The number of piperazine rings is 1. The predicted octanol–water partition coefficient (Wildman–Crippen LogP) is 4.18. The van der Waals surface area contributed by atoms with E-state index in [0.717, 1.165) is 5.56 Å². The molecule has 1 aliphatic rings. The van der Waals surface area contributed by atoms with Gasteiger partial charge in [-0.25, -0.2) is 0 Å². The Morgan fingerprint density at radius 2 is 1.59 bits per heavy atom. The Morgan fingerprint density at radius 1 is 0.853 bits per heavy atom. The molecule has 1 fully saturated rings. The quantitative estimate of drug-likeness (QED) is 0.496. The third-order valence-electron chi connectivity index (χ3n) is 5.89. The van der Waals surface area contributed by atoms with Crippen LogP contribution in [-0.4, -0.2) is 53.7 Å². The predicted molar refractivity (Wildman–Crippen MR) is 126 cm³/mol. The summed E-state index contributed by atoms with van der Waals surface area (Å²) in [6, 6.07) is 17.7. The zero-order chi connectivity index (χ0) is 23.7. The van der Waals surface area contributed by atoms with Gasteiger partial charge in [-0.2, -0.15) is 0 Å². The van der Waals surface area contributed by atoms with Crippen LogP contribution in [0.25, 0.3) is 11.0 Å². The number of amides is 3. The highest BCUT2D eigenvalue weighted by molar-refractivity contribution is 6.14. The monoisotopic (exact) mass is 457 g/mol. The van der Waals surface area contributed by atoms with Crippen LogP contribution in [0.4, 0.5) is 5.69 Å². The summed E-state index contributed by atoms with van der Waals surface area (Å²) in [7, 11) is 0. The van der Waals surface area contributed by atoms with Crippen molar-refractivity contribution in [2.45, 2.75) is 6.92 Å². The van der Waals surface area contributed by atoms with Crippen LogP contribution < -0.4 is 5.32 Å². The summed E-state index contributed by atoms with van der Waals surface area (Å²) >= 11 is 0. The molecule has 0 saturated carbocycles. The number of anilines is 1. The molecule has 8 heteroatoms. The van der Waals surface area contributed by atoms with E-state index in [4.69, 9.17) is 8.83 Å². The second kappa shape index (κ2) is 8.90. The molecule has 0 aliphatic carbocycles. The molecule has 8 nitrogen and oxygen atoms in total. The van der Waals surface area contributed by atoms with Crippen molar-refractivity contribution in [3.63, 3.8) is 0 Å². The lowest BCUT2D eigenvalue weighted by Crippen LogP contribution is -2.50. The molecular weight excluding hydrogens is 434 g/mol. The first-order chi connectivity index (χ1) is 16.5. The number of furan rings is 2. The van der Waals surface area contributed by atoms with Crippen LogP contribution in [0.3, 0.4) is 0 Å². The van der Waals surface area contributed by atoms with Crippen LogP contribution in [0.1, 0.15) is 37.0 Å². The average molecular weight is 457 g/mol. The molecule has 2 aromatic carbocycles. The number of nitrogens with zero attached hydrogens (tertiary/aromatic N) is 2. The molecule has 5 rings (SSSR count). The zero-order valence-electron chi connectivity index (χ0n) is 18.6. The maximum Gasteiger partial charge on any atom is 0.291 e. The fourth-order valence-corrected chi connectivity index (χ4v) is 4.10. The van der Waals surface area contributed by atoms with Crippen molar-refractivity contribution < 1.29 is 23.2 Å². The van der Waals surface area contributed by atoms with Gasteiger partial charge in [-0.15, -0.1) is 0 Å². The van der Waals surface area contributed by atoms with Gasteiger partial charge in [0, 0.05) is 37.1 Å². The summed E-state index contributed by atoms with van der Waals surface area (Å²) < 4.78 is 11.1. The van der Waals surface area contributed by atoms with Crippen LogP contribution in [-0.2, 0) is 0 Å². The van der Waals surface area contributed by atoms with E-state index in [1.54, 1.807) is 46.2 Å². The van der Waals surface area contributed by atoms with Crippen molar-refractivity contribution in [3.8, 4) is 0 Å². The van der Waals surface area contributed by atoms with Gasteiger partial charge in [0.25, 0.3) is 17.7 Å². The summed E-state index contributed by atoms with van der Waals surface area (Å²) in [5, 5.41) is 3.54. The minimum Gasteiger partial charge on any atom is -0.459 e. The second-order valence-electron chi connectivity index (χ2n) is 8.19. The van der Waals surface area contributed by atoms with E-state index in [0.29, 0.717) is 48.4 Å². The standard InChI is InChI=1S/C26H23N3O5/c1-17-6-4-7-18(16-17)24(30)27-22-19-8-2-3-9-20(19)34-23(22)26(32)29-13-11-28(12-14-29)25(31)21-10-5-15-33-21/h2-10,15-16H,11-14H2,1H3,(H,27,30). The number of carbonyl (C=O) groups excluding carboxylic acids is 3. The molecule has 1 saturated heterocycles. The average Bonchev–Trinajstić information content (AvgIpc) is 3.52. The highest BCUT2D eigenvalue weighted by Gasteiger charge is 2.31. The van der Waals surface area contributed by atoms with E-state index < -0.39 is 0 Å². The van der Waals surface area contributed by atoms with Crippen LogP contribution in [0.2, 0.25) is 0 Å². The van der Waals surface area contributed by atoms with Gasteiger partial charge >= 0.3 is 0 Å². The lowest BCUT2D eigenvalue weighted by Gasteiger charge is -2.34. The molecule has 2 aromatic heterocycles. The Kier molecular flexibility index (Phi) is 5.63. The normalized spacial score (nSPS) is 13.8. The van der Waals surface area contributed by atoms with Crippen molar-refractivity contribution in [1.82, 2.24) is 9.80 Å². The second-order valence-corrected chi connectivity index (χ2v) is 8.19. The number of para-hydroxylation sites is 1. The van der Waals surface area contributed by atoms with Crippen LogP contribution in [0, 0.1) is 6.92 Å². The number of fused-ring (bicyclic) bond motifs is 1. The topological polar surface area (TPSA) is 96.0 Å². The van der Waals surface area contributed by atoms with Crippen LogP contribution in [0.15, 0.2) is 75.8 Å². The maximum atomic E-state index is 13.4. The molecule has 4 aromatic rings. The Hall–Kier alpha value is -4.33. The fourth-order valence-electron chi connectivity index (χ4n) is 4.10. The molecule has 172 valence electrons. The van der Waals surface area contributed by atoms with Gasteiger partial charge in [-0.1, -0.05) is 29.8 Å². The van der Waals surface area contributed by atoms with Crippen molar-refractivity contribution in [2.24, 2.45) is 0 Å². The fraction of sp³-hybridized carbons (Fsp3) is 0.192. The van der Waals surface area contributed by atoms with E-state index in [9.17, 15) is 14.4 Å². The largest absolute Gasteiger partial charge is 0.459 e. The molecule has 34 heavy (non-hydrogen) atoms. The molecule has 0 radical (unpaired) electrons. The Labute approximate surface area is 195 Å². The van der Waals surface area contributed by atoms with Crippen molar-refractivity contribution >= 4 is 34.4 Å². The van der Waals surface area contributed by atoms with Gasteiger partial charge in [0.2, 0.25) is 5.76 Å². The van der Waals surface area contributed by atoms with Gasteiger partial charge in [-0.05, 0) is 43.3 Å². The lowest BCUT2D eigenvalue weighted by atomic mass is 10.1. The van der Waals surface area contributed by atoms with E-state index in [1.807, 2.05) is 31.2 Å². The summed E-state index contributed by atoms with van der Waals surface area (Å²) in [6.45, 7) is 3.34. The van der Waals surface area contributed by atoms with Crippen molar-refractivity contribution in [2.75, 3.05) is 31.5 Å². The minimum absolute atomic E-state index is 0.0769. The number of benzene rings is 2. The number of carbonyl (C=O) groups is 3. The van der Waals surface area contributed by atoms with Gasteiger partial charge in [0.05, 0.1) is 6.26 Å². The molecule has 0 bridgehead atoms. The van der Waals surface area contributed by atoms with Gasteiger partial charge in [0.1, 0.15) is 11.3 Å². The van der Waals surface area contributed by atoms with Gasteiger partial charge < -0.3 is 24.0 Å². The molecule has 1 aliphatic heterocycles. The molecule has 1 N–H and O–H groups in total. The summed E-state index contributed by atoms with van der Waals surface area (Å²) in [6.07, 6.45) is 1.46. The van der Waals surface area contributed by atoms with Crippen molar-refractivity contribution in [3.05, 3.63) is 89.6 Å².